The van der Waals surface area contributed by atoms with E-state index in [0.717, 1.165) is 5.56 Å². The van der Waals surface area contributed by atoms with Crippen LogP contribution < -0.4 is 11.1 Å². The van der Waals surface area contributed by atoms with Crippen LogP contribution in [0, 0.1) is 5.82 Å². The fourth-order valence-electron chi connectivity index (χ4n) is 2.38. The summed E-state index contributed by atoms with van der Waals surface area (Å²) in [5, 5.41) is 15.1. The third-order valence-electron chi connectivity index (χ3n) is 3.39. The first kappa shape index (κ1) is 12.8. The Hall–Kier alpha value is -1.62. The van der Waals surface area contributed by atoms with E-state index in [0.29, 0.717) is 18.2 Å². The first-order chi connectivity index (χ1) is 8.70. The molecule has 0 heterocycles. The number of nitrogens with one attached hydrogen (secondary N) is 1. The van der Waals surface area contributed by atoms with E-state index < -0.39 is 0 Å². The second-order valence-electron chi connectivity index (χ2n) is 4.65. The second kappa shape index (κ2) is 5.82. The molecule has 0 bridgehead atoms. The van der Waals surface area contributed by atoms with Crippen molar-refractivity contribution in [3.63, 3.8) is 0 Å². The summed E-state index contributed by atoms with van der Waals surface area (Å²) < 4.78 is 13.2. The largest absolute Gasteiger partial charge is 0.409 e. The average molecular weight is 251 g/mol. The normalized spacial score (nSPS) is 17.3. The summed E-state index contributed by atoms with van der Waals surface area (Å²) in [6, 6.07) is 4.88. The van der Waals surface area contributed by atoms with Crippen molar-refractivity contribution in [3.05, 3.63) is 35.1 Å². The smallest absolute Gasteiger partial charge is 0.170 e. The van der Waals surface area contributed by atoms with E-state index in [1.165, 1.54) is 37.8 Å². The van der Waals surface area contributed by atoms with Gasteiger partial charge in [-0.1, -0.05) is 24.1 Å². The number of nitrogens with zero attached hydrogens (tertiary/aromatic N) is 1. The monoisotopic (exact) mass is 251 g/mol. The minimum Gasteiger partial charge on any atom is -0.409 e. The van der Waals surface area contributed by atoms with Crippen LogP contribution in [0.1, 0.15) is 36.8 Å². The fraction of sp³-hybridized carbons (Fsp3) is 0.462. The van der Waals surface area contributed by atoms with E-state index in [4.69, 9.17) is 10.9 Å². The maximum absolute atomic E-state index is 13.2. The molecule has 0 radical (unpaired) electrons. The zero-order chi connectivity index (χ0) is 13.0. The summed E-state index contributed by atoms with van der Waals surface area (Å²) in [6.07, 6.45) is 4.88. The molecule has 1 aliphatic carbocycles. The van der Waals surface area contributed by atoms with Crippen molar-refractivity contribution in [2.24, 2.45) is 10.9 Å². The number of halogens is 1. The lowest BCUT2D eigenvalue weighted by Gasteiger charge is -2.14. The van der Waals surface area contributed by atoms with Gasteiger partial charge in [0.25, 0.3) is 0 Å². The van der Waals surface area contributed by atoms with Crippen molar-refractivity contribution in [1.29, 1.82) is 0 Å². The lowest BCUT2D eigenvalue weighted by molar-refractivity contribution is 0.318. The van der Waals surface area contributed by atoms with Crippen molar-refractivity contribution in [1.82, 2.24) is 5.32 Å². The molecule has 4 nitrogen and oxygen atoms in total. The molecule has 0 unspecified atom stereocenters. The second-order valence-corrected chi connectivity index (χ2v) is 4.65. The first-order valence-corrected chi connectivity index (χ1v) is 6.20. The molecule has 0 atom stereocenters. The molecule has 1 saturated carbocycles. The van der Waals surface area contributed by atoms with Gasteiger partial charge in [0.1, 0.15) is 5.82 Å². The molecular formula is C13H18FN3O. The van der Waals surface area contributed by atoms with E-state index >= 15 is 0 Å². The highest BCUT2D eigenvalue weighted by Gasteiger charge is 2.15. The molecule has 5 heteroatoms. The number of nitrogens with two attached hydrogens (primary N) is 1. The van der Waals surface area contributed by atoms with E-state index in [9.17, 15) is 4.39 Å². The predicted molar refractivity (Wildman–Crippen MR) is 68.0 cm³/mol. The minimum atomic E-state index is -0.388. The van der Waals surface area contributed by atoms with Gasteiger partial charge in [0.05, 0.1) is 0 Å². The van der Waals surface area contributed by atoms with Gasteiger partial charge in [-0.2, -0.15) is 0 Å². The van der Waals surface area contributed by atoms with Crippen LogP contribution in [0.2, 0.25) is 0 Å². The summed E-state index contributed by atoms with van der Waals surface area (Å²) in [4.78, 5) is 0. The number of oxime groups is 1. The Kier molecular flexibility index (Phi) is 4.15. The molecule has 1 fully saturated rings. The SMILES string of the molecule is N/C(=N\O)c1cc(F)ccc1CNC1CCCC1. The van der Waals surface area contributed by atoms with Crippen LogP contribution in [0.15, 0.2) is 23.4 Å². The van der Waals surface area contributed by atoms with E-state index in [2.05, 4.69) is 10.5 Å². The molecule has 0 amide bonds. The summed E-state index contributed by atoms with van der Waals surface area (Å²) in [5.74, 6) is -0.445. The standard InChI is InChI=1S/C13H18FN3O/c14-10-6-5-9(12(7-10)13(15)17-18)8-16-11-3-1-2-4-11/h5-7,11,16,18H,1-4,8H2,(H2,15,17). The Morgan fingerprint density at radius 2 is 2.17 bits per heavy atom. The molecule has 4 N–H and O–H groups in total. The minimum absolute atomic E-state index is 0.0577. The highest BCUT2D eigenvalue weighted by atomic mass is 19.1. The van der Waals surface area contributed by atoms with Crippen LogP contribution in [0.4, 0.5) is 4.39 Å². The van der Waals surface area contributed by atoms with Gasteiger partial charge in [-0.25, -0.2) is 4.39 Å². The molecule has 0 saturated heterocycles. The maximum Gasteiger partial charge on any atom is 0.170 e. The number of hydrogen-bond acceptors (Lipinski definition) is 3. The van der Waals surface area contributed by atoms with Crippen molar-refractivity contribution in [2.75, 3.05) is 0 Å². The maximum atomic E-state index is 13.2. The Balaban J connectivity index is 2.10. The predicted octanol–water partition coefficient (Wildman–Crippen LogP) is 1.95. The molecular weight excluding hydrogens is 233 g/mol. The van der Waals surface area contributed by atoms with Crippen LogP contribution in [-0.4, -0.2) is 17.1 Å². The van der Waals surface area contributed by atoms with Crippen molar-refractivity contribution in [2.45, 2.75) is 38.3 Å². The summed E-state index contributed by atoms with van der Waals surface area (Å²) >= 11 is 0. The van der Waals surface area contributed by atoms with E-state index in [-0.39, 0.29) is 11.7 Å². The van der Waals surface area contributed by atoms with E-state index in [1.807, 2.05) is 0 Å². The third-order valence-corrected chi connectivity index (χ3v) is 3.39. The lowest BCUT2D eigenvalue weighted by atomic mass is 10.1. The van der Waals surface area contributed by atoms with Crippen molar-refractivity contribution in [3.8, 4) is 0 Å². The topological polar surface area (TPSA) is 70.6 Å². The molecule has 1 aromatic rings. The number of amidine groups is 1. The molecule has 0 aromatic heterocycles. The number of benzene rings is 1. The quantitative estimate of drug-likeness (QED) is 0.331. The van der Waals surface area contributed by atoms with E-state index in [1.54, 1.807) is 6.07 Å². The van der Waals surface area contributed by atoms with Gasteiger partial charge in [-0.15, -0.1) is 0 Å². The summed E-state index contributed by atoms with van der Waals surface area (Å²) in [5.41, 5.74) is 6.85. The van der Waals surface area contributed by atoms with Gasteiger partial charge in [-0.3, -0.25) is 0 Å². The van der Waals surface area contributed by atoms with Crippen LogP contribution in [0.3, 0.4) is 0 Å². The van der Waals surface area contributed by atoms with Crippen molar-refractivity contribution >= 4 is 5.84 Å². The van der Waals surface area contributed by atoms with Gasteiger partial charge >= 0.3 is 0 Å². The Labute approximate surface area is 106 Å². The van der Waals surface area contributed by atoms with Crippen molar-refractivity contribution < 1.29 is 9.60 Å². The van der Waals surface area contributed by atoms with Gasteiger partial charge < -0.3 is 16.3 Å². The van der Waals surface area contributed by atoms with Crippen LogP contribution in [0.5, 0.6) is 0 Å². The lowest BCUT2D eigenvalue weighted by Crippen LogP contribution is -2.27. The molecule has 98 valence electrons. The van der Waals surface area contributed by atoms with Crippen LogP contribution >= 0.6 is 0 Å². The van der Waals surface area contributed by atoms with Crippen LogP contribution in [0.25, 0.3) is 0 Å². The molecule has 0 aliphatic heterocycles. The van der Waals surface area contributed by atoms with Gasteiger partial charge in [-0.05, 0) is 30.5 Å². The highest BCUT2D eigenvalue weighted by molar-refractivity contribution is 5.98. The first-order valence-electron chi connectivity index (χ1n) is 6.20. The molecule has 2 rings (SSSR count). The molecule has 18 heavy (non-hydrogen) atoms. The average Bonchev–Trinajstić information content (AvgIpc) is 2.89. The molecule has 1 aliphatic rings. The zero-order valence-electron chi connectivity index (χ0n) is 10.2. The fourth-order valence-corrected chi connectivity index (χ4v) is 2.38. The highest BCUT2D eigenvalue weighted by Crippen LogP contribution is 2.19. The summed E-state index contributed by atoms with van der Waals surface area (Å²) in [7, 11) is 0. The third kappa shape index (κ3) is 2.98. The Morgan fingerprint density at radius 3 is 2.83 bits per heavy atom. The molecule has 1 aromatic carbocycles. The van der Waals surface area contributed by atoms with Gasteiger partial charge in [0.15, 0.2) is 5.84 Å². The molecule has 0 spiro atoms. The van der Waals surface area contributed by atoms with Gasteiger partial charge in [0.2, 0.25) is 0 Å². The number of rotatable bonds is 4. The van der Waals surface area contributed by atoms with Crippen LogP contribution in [-0.2, 0) is 6.54 Å². The van der Waals surface area contributed by atoms with Gasteiger partial charge in [0, 0.05) is 18.2 Å². The number of hydrogen-bond donors (Lipinski definition) is 3. The Morgan fingerprint density at radius 1 is 1.44 bits per heavy atom. The zero-order valence-corrected chi connectivity index (χ0v) is 10.2. The summed E-state index contributed by atoms with van der Waals surface area (Å²) in [6.45, 7) is 0.608. The Bertz CT molecular complexity index is 442.